The summed E-state index contributed by atoms with van der Waals surface area (Å²) < 4.78 is 25.0. The van der Waals surface area contributed by atoms with Crippen molar-refractivity contribution in [1.82, 2.24) is 5.32 Å². The molecular formula is C17H26FNO2. The van der Waals surface area contributed by atoms with Gasteiger partial charge in [-0.1, -0.05) is 13.0 Å². The Bertz CT molecular complexity index is 419. The molecule has 1 aliphatic rings. The second kappa shape index (κ2) is 9.13. The van der Waals surface area contributed by atoms with E-state index in [1.165, 1.54) is 12.5 Å². The second-order valence-corrected chi connectivity index (χ2v) is 5.61. The Morgan fingerprint density at radius 2 is 2.29 bits per heavy atom. The SMILES string of the molecule is CCCNCc1ccc(F)c(COCC2CCCCO2)c1. The minimum absolute atomic E-state index is 0.177. The average molecular weight is 295 g/mol. The van der Waals surface area contributed by atoms with Crippen molar-refractivity contribution in [2.24, 2.45) is 0 Å². The zero-order chi connectivity index (χ0) is 14.9. The highest BCUT2D eigenvalue weighted by atomic mass is 19.1. The van der Waals surface area contributed by atoms with E-state index in [-0.39, 0.29) is 11.9 Å². The summed E-state index contributed by atoms with van der Waals surface area (Å²) in [7, 11) is 0. The maximum absolute atomic E-state index is 13.8. The van der Waals surface area contributed by atoms with Gasteiger partial charge in [0.2, 0.25) is 0 Å². The maximum Gasteiger partial charge on any atom is 0.128 e. The minimum Gasteiger partial charge on any atom is -0.376 e. The Kier molecular flexibility index (Phi) is 7.13. The van der Waals surface area contributed by atoms with Crippen molar-refractivity contribution >= 4 is 0 Å². The van der Waals surface area contributed by atoms with Crippen LogP contribution in [-0.4, -0.2) is 25.9 Å². The van der Waals surface area contributed by atoms with Crippen LogP contribution in [0.2, 0.25) is 0 Å². The largest absolute Gasteiger partial charge is 0.376 e. The van der Waals surface area contributed by atoms with Gasteiger partial charge in [-0.15, -0.1) is 0 Å². The van der Waals surface area contributed by atoms with Crippen molar-refractivity contribution < 1.29 is 13.9 Å². The summed E-state index contributed by atoms with van der Waals surface area (Å²) in [5.41, 5.74) is 1.72. The maximum atomic E-state index is 13.8. The highest BCUT2D eigenvalue weighted by molar-refractivity contribution is 5.24. The Morgan fingerprint density at radius 3 is 3.05 bits per heavy atom. The summed E-state index contributed by atoms with van der Waals surface area (Å²) in [4.78, 5) is 0. The average Bonchev–Trinajstić information content (AvgIpc) is 2.51. The molecule has 1 unspecified atom stereocenters. The summed E-state index contributed by atoms with van der Waals surface area (Å²) in [5, 5.41) is 3.32. The predicted octanol–water partition coefficient (Wildman–Crippen LogP) is 3.41. The number of halogens is 1. The van der Waals surface area contributed by atoms with Gasteiger partial charge in [-0.25, -0.2) is 4.39 Å². The van der Waals surface area contributed by atoms with Gasteiger partial charge in [0.15, 0.2) is 0 Å². The second-order valence-electron chi connectivity index (χ2n) is 5.61. The molecule has 1 fully saturated rings. The van der Waals surface area contributed by atoms with Crippen molar-refractivity contribution in [3.63, 3.8) is 0 Å². The number of ether oxygens (including phenoxy) is 2. The van der Waals surface area contributed by atoms with Crippen LogP contribution in [-0.2, 0) is 22.6 Å². The highest BCUT2D eigenvalue weighted by Gasteiger charge is 2.14. The van der Waals surface area contributed by atoms with Gasteiger partial charge in [-0.2, -0.15) is 0 Å². The fraction of sp³-hybridized carbons (Fsp3) is 0.647. The molecule has 4 heteroatoms. The molecule has 0 bridgehead atoms. The summed E-state index contributed by atoms with van der Waals surface area (Å²) in [5.74, 6) is -0.196. The topological polar surface area (TPSA) is 30.5 Å². The molecule has 0 aromatic heterocycles. The van der Waals surface area contributed by atoms with Gasteiger partial charge in [0.1, 0.15) is 5.82 Å². The molecule has 1 aromatic rings. The van der Waals surface area contributed by atoms with Crippen molar-refractivity contribution in [3.8, 4) is 0 Å². The first-order chi connectivity index (χ1) is 10.3. The lowest BCUT2D eigenvalue weighted by atomic mass is 10.1. The van der Waals surface area contributed by atoms with Crippen molar-refractivity contribution in [1.29, 1.82) is 0 Å². The third-order valence-electron chi connectivity index (χ3n) is 3.70. The standard InChI is InChI=1S/C17H26FNO2/c1-2-8-19-11-14-6-7-17(18)15(10-14)12-20-13-16-5-3-4-9-21-16/h6-7,10,16,19H,2-5,8-9,11-13H2,1H3. The third-order valence-corrected chi connectivity index (χ3v) is 3.70. The summed E-state index contributed by atoms with van der Waals surface area (Å²) in [6.45, 7) is 5.56. The first kappa shape index (κ1) is 16.4. The fourth-order valence-corrected chi connectivity index (χ4v) is 2.50. The monoisotopic (exact) mass is 295 g/mol. The van der Waals surface area contributed by atoms with Gasteiger partial charge in [0.05, 0.1) is 19.3 Å². The lowest BCUT2D eigenvalue weighted by molar-refractivity contribution is -0.0451. The Hall–Kier alpha value is -0.970. The van der Waals surface area contributed by atoms with Crippen LogP contribution in [0.15, 0.2) is 18.2 Å². The molecule has 0 amide bonds. The lowest BCUT2D eigenvalue weighted by Gasteiger charge is -2.22. The molecule has 0 spiro atoms. The molecule has 21 heavy (non-hydrogen) atoms. The molecule has 118 valence electrons. The van der Waals surface area contributed by atoms with Crippen LogP contribution < -0.4 is 5.32 Å². The molecule has 1 aliphatic heterocycles. The summed E-state index contributed by atoms with van der Waals surface area (Å²) >= 11 is 0. The summed E-state index contributed by atoms with van der Waals surface area (Å²) in [6, 6.07) is 5.24. The van der Waals surface area contributed by atoms with Crippen molar-refractivity contribution in [2.45, 2.75) is 51.9 Å². The number of rotatable bonds is 8. The number of hydrogen-bond acceptors (Lipinski definition) is 3. The number of hydrogen-bond donors (Lipinski definition) is 1. The molecule has 2 rings (SSSR count). The first-order valence-electron chi connectivity index (χ1n) is 7.97. The first-order valence-corrected chi connectivity index (χ1v) is 7.97. The van der Waals surface area contributed by atoms with Gasteiger partial charge in [0, 0.05) is 18.7 Å². The van der Waals surface area contributed by atoms with E-state index >= 15 is 0 Å². The van der Waals surface area contributed by atoms with E-state index in [0.29, 0.717) is 18.8 Å². The minimum atomic E-state index is -0.196. The van der Waals surface area contributed by atoms with Crippen LogP contribution in [0.4, 0.5) is 4.39 Å². The van der Waals surface area contributed by atoms with E-state index < -0.39 is 0 Å². The van der Waals surface area contributed by atoms with Crippen molar-refractivity contribution in [2.75, 3.05) is 19.8 Å². The molecular weight excluding hydrogens is 269 g/mol. The van der Waals surface area contributed by atoms with E-state index in [4.69, 9.17) is 9.47 Å². The molecule has 0 aliphatic carbocycles. The van der Waals surface area contributed by atoms with Gasteiger partial charge >= 0.3 is 0 Å². The fourth-order valence-electron chi connectivity index (χ4n) is 2.50. The van der Waals surface area contributed by atoms with Crippen LogP contribution in [0.1, 0.15) is 43.7 Å². The van der Waals surface area contributed by atoms with Crippen LogP contribution in [0, 0.1) is 5.82 Å². The molecule has 1 saturated heterocycles. The van der Waals surface area contributed by atoms with Crippen LogP contribution in [0.5, 0.6) is 0 Å². The normalized spacial score (nSPS) is 18.9. The molecule has 1 atom stereocenters. The number of nitrogens with one attached hydrogen (secondary N) is 1. The van der Waals surface area contributed by atoms with Gasteiger partial charge < -0.3 is 14.8 Å². The molecule has 1 heterocycles. The van der Waals surface area contributed by atoms with Gasteiger partial charge in [-0.05, 0) is 49.9 Å². The van der Waals surface area contributed by atoms with Crippen molar-refractivity contribution in [3.05, 3.63) is 35.1 Å². The quantitative estimate of drug-likeness (QED) is 0.746. The zero-order valence-corrected chi connectivity index (χ0v) is 12.9. The number of benzene rings is 1. The summed E-state index contributed by atoms with van der Waals surface area (Å²) in [6.07, 6.45) is 4.65. The van der Waals surface area contributed by atoms with Crippen LogP contribution in [0.25, 0.3) is 0 Å². The Labute approximate surface area is 126 Å². The Morgan fingerprint density at radius 1 is 1.38 bits per heavy atom. The lowest BCUT2D eigenvalue weighted by Crippen LogP contribution is -2.24. The van der Waals surface area contributed by atoms with E-state index in [1.54, 1.807) is 0 Å². The third kappa shape index (κ3) is 5.73. The van der Waals surface area contributed by atoms with E-state index in [9.17, 15) is 4.39 Å². The van der Waals surface area contributed by atoms with Gasteiger partial charge in [0.25, 0.3) is 0 Å². The predicted molar refractivity (Wildman–Crippen MR) is 81.6 cm³/mol. The highest BCUT2D eigenvalue weighted by Crippen LogP contribution is 2.15. The van der Waals surface area contributed by atoms with E-state index in [0.717, 1.165) is 44.5 Å². The van der Waals surface area contributed by atoms with Gasteiger partial charge in [-0.3, -0.25) is 0 Å². The molecule has 1 aromatic carbocycles. The Balaban J connectivity index is 1.79. The van der Waals surface area contributed by atoms with E-state index in [1.807, 2.05) is 12.1 Å². The zero-order valence-electron chi connectivity index (χ0n) is 12.9. The smallest absolute Gasteiger partial charge is 0.128 e. The van der Waals surface area contributed by atoms with Crippen LogP contribution >= 0.6 is 0 Å². The van der Waals surface area contributed by atoms with Crippen LogP contribution in [0.3, 0.4) is 0 Å². The van der Waals surface area contributed by atoms with E-state index in [2.05, 4.69) is 12.2 Å². The molecule has 0 radical (unpaired) electrons. The molecule has 0 saturated carbocycles. The molecule has 1 N–H and O–H groups in total. The molecule has 3 nitrogen and oxygen atoms in total.